The van der Waals surface area contributed by atoms with E-state index < -0.39 is 15.6 Å². The highest BCUT2D eigenvalue weighted by atomic mass is 32.2. The van der Waals surface area contributed by atoms with Crippen LogP contribution in [0.3, 0.4) is 0 Å². The summed E-state index contributed by atoms with van der Waals surface area (Å²) in [6, 6.07) is 12.2. The molecule has 3 aliphatic carbocycles. The predicted octanol–water partition coefficient (Wildman–Crippen LogP) is 5.25. The summed E-state index contributed by atoms with van der Waals surface area (Å²) in [5.74, 6) is 0.348. The summed E-state index contributed by atoms with van der Waals surface area (Å²) in [5, 5.41) is 0. The van der Waals surface area contributed by atoms with Crippen LogP contribution in [0.5, 0.6) is 5.75 Å². The lowest BCUT2D eigenvalue weighted by molar-refractivity contribution is -0.0509. The summed E-state index contributed by atoms with van der Waals surface area (Å²) in [6.45, 7) is 1.84. The molecule has 154 valence electrons. The molecule has 0 spiro atoms. The summed E-state index contributed by atoms with van der Waals surface area (Å²) >= 11 is 0. The van der Waals surface area contributed by atoms with Crippen LogP contribution in [-0.2, 0) is 14.3 Å². The molecule has 0 aliphatic heterocycles. The van der Waals surface area contributed by atoms with Crippen molar-refractivity contribution in [2.75, 3.05) is 7.11 Å². The smallest absolute Gasteiger partial charge is 0.497 e. The second-order valence-corrected chi connectivity index (χ2v) is 8.90. The minimum atomic E-state index is -5.82. The van der Waals surface area contributed by atoms with E-state index in [1.807, 2.05) is 19.1 Å². The SMILES string of the molecule is COc1ccc2c(c1)C1CC(C1)C(c1ccccc1C)=C2OS(=O)(=O)C(F)(F)F. The van der Waals surface area contributed by atoms with Gasteiger partial charge >= 0.3 is 15.6 Å². The lowest BCUT2D eigenvalue weighted by Gasteiger charge is -2.35. The Kier molecular flexibility index (Phi) is 4.64. The standard InChI is InChI=1S/C21H19F3O4S/c1-12-5-3-4-6-16(12)19-14-9-13(10-14)18-11-15(27-2)7-8-17(18)20(19)28-29(25,26)21(22,23)24/h3-8,11,13-14H,9-10H2,1-2H3. The van der Waals surface area contributed by atoms with Gasteiger partial charge in [-0.3, -0.25) is 0 Å². The van der Waals surface area contributed by atoms with Crippen molar-refractivity contribution in [1.29, 1.82) is 0 Å². The zero-order valence-corrected chi connectivity index (χ0v) is 16.6. The maximum atomic E-state index is 13.1. The van der Waals surface area contributed by atoms with Gasteiger partial charge in [-0.2, -0.15) is 21.6 Å². The monoisotopic (exact) mass is 424 g/mol. The van der Waals surface area contributed by atoms with E-state index in [1.165, 1.54) is 7.11 Å². The molecule has 4 nitrogen and oxygen atoms in total. The Hall–Kier alpha value is -2.48. The van der Waals surface area contributed by atoms with Crippen LogP contribution in [0, 0.1) is 12.8 Å². The van der Waals surface area contributed by atoms with E-state index in [0.717, 1.165) is 11.1 Å². The van der Waals surface area contributed by atoms with Gasteiger partial charge in [0.1, 0.15) is 5.75 Å². The lowest BCUT2D eigenvalue weighted by Crippen LogP contribution is -2.26. The van der Waals surface area contributed by atoms with E-state index in [0.29, 0.717) is 35.3 Å². The molecular weight excluding hydrogens is 405 g/mol. The van der Waals surface area contributed by atoms with Crippen LogP contribution in [0.25, 0.3) is 11.3 Å². The number of ether oxygens (including phenoxy) is 1. The molecule has 0 heterocycles. The second kappa shape index (κ2) is 6.79. The van der Waals surface area contributed by atoms with Gasteiger partial charge in [0.25, 0.3) is 0 Å². The van der Waals surface area contributed by atoms with Gasteiger partial charge in [-0.05, 0) is 66.5 Å². The number of halogens is 3. The highest BCUT2D eigenvalue weighted by Gasteiger charge is 2.51. The first kappa shape index (κ1) is 19.8. The molecule has 8 heteroatoms. The normalized spacial score (nSPS) is 21.1. The molecule has 0 unspecified atom stereocenters. The van der Waals surface area contributed by atoms with Gasteiger partial charge in [0, 0.05) is 11.1 Å². The van der Waals surface area contributed by atoms with Crippen LogP contribution < -0.4 is 4.74 Å². The van der Waals surface area contributed by atoms with Gasteiger partial charge in [0.05, 0.1) is 7.11 Å². The van der Waals surface area contributed by atoms with Crippen LogP contribution in [-0.4, -0.2) is 21.0 Å². The highest BCUT2D eigenvalue weighted by Crippen LogP contribution is 2.56. The third-order valence-electron chi connectivity index (χ3n) is 5.65. The molecule has 2 aromatic carbocycles. The summed E-state index contributed by atoms with van der Waals surface area (Å²) in [6.07, 6.45) is 1.42. The fraction of sp³-hybridized carbons (Fsp3) is 0.333. The average molecular weight is 424 g/mol. The fourth-order valence-corrected chi connectivity index (χ4v) is 4.61. The van der Waals surface area contributed by atoms with E-state index in [-0.39, 0.29) is 17.6 Å². The molecule has 2 bridgehead atoms. The predicted molar refractivity (Wildman–Crippen MR) is 103 cm³/mol. The number of hydrogen-bond acceptors (Lipinski definition) is 4. The maximum Gasteiger partial charge on any atom is 0.534 e. The van der Waals surface area contributed by atoms with Crippen molar-refractivity contribution in [3.63, 3.8) is 0 Å². The zero-order valence-electron chi connectivity index (χ0n) is 15.8. The fourth-order valence-electron chi connectivity index (χ4n) is 4.11. The molecule has 3 aliphatic rings. The van der Waals surface area contributed by atoms with Crippen molar-refractivity contribution in [2.24, 2.45) is 5.92 Å². The first-order valence-electron chi connectivity index (χ1n) is 9.11. The summed E-state index contributed by atoms with van der Waals surface area (Å²) < 4.78 is 73.4. The molecule has 0 N–H and O–H groups in total. The van der Waals surface area contributed by atoms with E-state index in [4.69, 9.17) is 8.92 Å². The first-order valence-corrected chi connectivity index (χ1v) is 10.5. The van der Waals surface area contributed by atoms with Crippen LogP contribution in [0.1, 0.15) is 41.0 Å². The van der Waals surface area contributed by atoms with Crippen molar-refractivity contribution in [1.82, 2.24) is 0 Å². The molecule has 29 heavy (non-hydrogen) atoms. The minimum absolute atomic E-state index is 0.0853. The molecule has 1 saturated carbocycles. The van der Waals surface area contributed by atoms with Crippen molar-refractivity contribution in [2.45, 2.75) is 31.2 Å². The first-order chi connectivity index (χ1) is 13.6. The molecule has 0 atom stereocenters. The van der Waals surface area contributed by atoms with Crippen molar-refractivity contribution >= 4 is 21.5 Å². The Bertz CT molecular complexity index is 1100. The molecule has 2 aromatic rings. The Morgan fingerprint density at radius 1 is 1.00 bits per heavy atom. The number of benzene rings is 2. The number of hydrogen-bond donors (Lipinski definition) is 0. The van der Waals surface area contributed by atoms with Crippen molar-refractivity contribution < 1.29 is 30.5 Å². The second-order valence-electron chi connectivity index (χ2n) is 7.36. The van der Waals surface area contributed by atoms with Gasteiger partial charge in [0.15, 0.2) is 5.76 Å². The lowest BCUT2D eigenvalue weighted by atomic mass is 9.68. The molecule has 0 radical (unpaired) electrons. The van der Waals surface area contributed by atoms with Crippen LogP contribution >= 0.6 is 0 Å². The molecule has 1 fully saturated rings. The van der Waals surface area contributed by atoms with Crippen LogP contribution in [0.15, 0.2) is 42.5 Å². The quantitative estimate of drug-likeness (QED) is 0.497. The van der Waals surface area contributed by atoms with Crippen molar-refractivity contribution in [3.05, 3.63) is 64.7 Å². The molecule has 0 aromatic heterocycles. The summed E-state index contributed by atoms with van der Waals surface area (Å²) in [7, 11) is -4.32. The van der Waals surface area contributed by atoms with Gasteiger partial charge in [-0.15, -0.1) is 0 Å². The minimum Gasteiger partial charge on any atom is -0.497 e. The van der Waals surface area contributed by atoms with Gasteiger partial charge in [0.2, 0.25) is 0 Å². The van der Waals surface area contributed by atoms with E-state index in [2.05, 4.69) is 0 Å². The largest absolute Gasteiger partial charge is 0.534 e. The van der Waals surface area contributed by atoms with Gasteiger partial charge in [-0.25, -0.2) is 0 Å². The maximum absolute atomic E-state index is 13.1. The summed E-state index contributed by atoms with van der Waals surface area (Å²) in [4.78, 5) is 0. The number of rotatable bonds is 4. The topological polar surface area (TPSA) is 52.6 Å². The Morgan fingerprint density at radius 3 is 2.31 bits per heavy atom. The number of allylic oxidation sites excluding steroid dienone is 1. The number of methoxy groups -OCH3 is 1. The van der Waals surface area contributed by atoms with E-state index in [9.17, 15) is 21.6 Å². The van der Waals surface area contributed by atoms with E-state index >= 15 is 0 Å². The highest BCUT2D eigenvalue weighted by molar-refractivity contribution is 7.87. The van der Waals surface area contributed by atoms with Crippen LogP contribution in [0.2, 0.25) is 0 Å². The summed E-state index contributed by atoms with van der Waals surface area (Å²) in [5.41, 5.74) is -2.35. The van der Waals surface area contributed by atoms with Crippen molar-refractivity contribution in [3.8, 4) is 5.75 Å². The van der Waals surface area contributed by atoms with Crippen LogP contribution in [0.4, 0.5) is 13.2 Å². The van der Waals surface area contributed by atoms with Gasteiger partial charge < -0.3 is 8.92 Å². The molecular formula is C21H19F3O4S. The number of alkyl halides is 3. The third-order valence-corrected chi connectivity index (χ3v) is 6.60. The Balaban J connectivity index is 2.00. The van der Waals surface area contributed by atoms with Gasteiger partial charge in [-0.1, -0.05) is 24.3 Å². The third kappa shape index (κ3) is 3.29. The average Bonchev–Trinajstić information content (AvgIpc) is 2.82. The Labute approximate surface area is 167 Å². The molecule has 0 amide bonds. The van der Waals surface area contributed by atoms with E-state index in [1.54, 1.807) is 30.3 Å². The molecule has 5 rings (SSSR count). The number of aryl methyl sites for hydroxylation is 1. The molecule has 0 saturated heterocycles. The zero-order chi connectivity index (χ0) is 21.0. The Morgan fingerprint density at radius 2 is 1.69 bits per heavy atom.